The number of aromatic hydroxyl groups is 1. The molecule has 50 heavy (non-hydrogen) atoms. The van der Waals surface area contributed by atoms with Crippen molar-refractivity contribution in [2.75, 3.05) is 39.5 Å². The Balaban J connectivity index is 1.17. The molecular formula is C38H42Cl2N2O6S2. The van der Waals surface area contributed by atoms with E-state index in [1.54, 1.807) is 54.8 Å². The summed E-state index contributed by atoms with van der Waals surface area (Å²) in [4.78, 5) is 44.3. The van der Waals surface area contributed by atoms with Crippen molar-refractivity contribution in [3.05, 3.63) is 96.5 Å². The van der Waals surface area contributed by atoms with Crippen LogP contribution in [0.1, 0.15) is 86.8 Å². The van der Waals surface area contributed by atoms with Gasteiger partial charge in [0.15, 0.2) is 11.6 Å². The number of hydrogen-bond acceptors (Lipinski definition) is 9. The summed E-state index contributed by atoms with van der Waals surface area (Å²) < 4.78 is 11.1. The molecule has 266 valence electrons. The number of carbonyl (C=O) groups excluding carboxylic acids is 3. The SMILES string of the molecule is CCCCCCOCCOCCNC(=O)c1ccc(CCC(=O)c2ccc(C(=O)CN=C(C)c3csc(-c4ccc(Cl)c(Cl)c4)c3O)s2)cc1. The number of halogens is 2. The number of unbranched alkanes of at least 4 members (excludes halogenated alkanes) is 3. The van der Waals surface area contributed by atoms with Gasteiger partial charge in [0.1, 0.15) is 12.3 Å². The number of rotatable bonds is 21. The molecule has 12 heteroatoms. The van der Waals surface area contributed by atoms with E-state index in [-0.39, 0.29) is 36.2 Å². The third kappa shape index (κ3) is 11.9. The molecule has 0 unspecified atom stereocenters. The zero-order chi connectivity index (χ0) is 35.9. The lowest BCUT2D eigenvalue weighted by Gasteiger charge is -2.08. The van der Waals surface area contributed by atoms with Crippen LogP contribution in [0.2, 0.25) is 10.0 Å². The minimum Gasteiger partial charge on any atom is -0.506 e. The van der Waals surface area contributed by atoms with Crippen molar-refractivity contribution in [1.82, 2.24) is 5.32 Å². The fourth-order valence-electron chi connectivity index (χ4n) is 4.94. The molecule has 0 saturated heterocycles. The van der Waals surface area contributed by atoms with Crippen molar-refractivity contribution >= 4 is 69.1 Å². The van der Waals surface area contributed by atoms with E-state index in [0.717, 1.165) is 35.5 Å². The summed E-state index contributed by atoms with van der Waals surface area (Å²) in [6, 6.07) is 15.6. The van der Waals surface area contributed by atoms with Crippen LogP contribution in [-0.2, 0) is 15.9 Å². The van der Waals surface area contributed by atoms with Crippen molar-refractivity contribution in [3.8, 4) is 16.2 Å². The number of carbonyl (C=O) groups is 3. The van der Waals surface area contributed by atoms with Crippen molar-refractivity contribution < 1.29 is 29.0 Å². The van der Waals surface area contributed by atoms with Crippen LogP contribution in [0.4, 0.5) is 0 Å². The molecule has 0 atom stereocenters. The van der Waals surface area contributed by atoms with E-state index in [1.807, 2.05) is 12.1 Å². The molecule has 1 amide bonds. The van der Waals surface area contributed by atoms with Gasteiger partial charge >= 0.3 is 0 Å². The molecule has 0 spiro atoms. The Hall–Kier alpha value is -3.38. The second kappa shape index (κ2) is 20.5. The molecule has 0 aliphatic rings. The first-order chi connectivity index (χ1) is 24.2. The molecule has 8 nitrogen and oxygen atoms in total. The van der Waals surface area contributed by atoms with Gasteiger partial charge in [-0.05, 0) is 67.3 Å². The monoisotopic (exact) mass is 756 g/mol. The standard InChI is InChI=1S/C38H42Cl2N2O6S2/c1-3-4-5-6-18-47-20-21-48-19-17-41-38(46)27-10-7-26(8-11-27)9-14-32(43)34-15-16-35(50-34)33(44)23-42-25(2)29-24-49-37(36(29)45)28-12-13-30(39)31(40)22-28/h7-8,10-13,15-16,22,24,45H,3-6,9,14,17-21,23H2,1-2H3,(H,41,46). The highest BCUT2D eigenvalue weighted by Crippen LogP contribution is 2.40. The summed E-state index contributed by atoms with van der Waals surface area (Å²) in [5, 5.41) is 16.3. The first-order valence-corrected chi connectivity index (χ1v) is 19.1. The molecule has 0 bridgehead atoms. The maximum absolute atomic E-state index is 12.9. The number of ether oxygens (including phenoxy) is 2. The summed E-state index contributed by atoms with van der Waals surface area (Å²) in [7, 11) is 0. The van der Waals surface area contributed by atoms with Crippen molar-refractivity contribution in [3.63, 3.8) is 0 Å². The van der Waals surface area contributed by atoms with Crippen molar-refractivity contribution in [2.45, 2.75) is 52.4 Å². The van der Waals surface area contributed by atoms with Gasteiger partial charge in [0.25, 0.3) is 5.91 Å². The van der Waals surface area contributed by atoms with Gasteiger partial charge in [0.2, 0.25) is 0 Å². The highest BCUT2D eigenvalue weighted by molar-refractivity contribution is 7.16. The molecule has 4 aromatic rings. The van der Waals surface area contributed by atoms with Crippen LogP contribution in [-0.4, -0.2) is 67.8 Å². The highest BCUT2D eigenvalue weighted by atomic mass is 35.5. The Bertz CT molecular complexity index is 1770. The van der Waals surface area contributed by atoms with Gasteiger partial charge in [-0.25, -0.2) is 0 Å². The van der Waals surface area contributed by atoms with Crippen LogP contribution in [0.25, 0.3) is 10.4 Å². The van der Waals surface area contributed by atoms with E-state index in [4.69, 9.17) is 32.7 Å². The van der Waals surface area contributed by atoms with Gasteiger partial charge in [-0.1, -0.05) is 67.6 Å². The van der Waals surface area contributed by atoms with Gasteiger partial charge in [-0.3, -0.25) is 19.4 Å². The molecule has 0 aliphatic carbocycles. The number of benzene rings is 2. The highest BCUT2D eigenvalue weighted by Gasteiger charge is 2.17. The summed E-state index contributed by atoms with van der Waals surface area (Å²) in [6.07, 6.45) is 5.49. The molecule has 0 saturated carbocycles. The van der Waals surface area contributed by atoms with Gasteiger partial charge < -0.3 is 19.9 Å². The van der Waals surface area contributed by atoms with Crippen LogP contribution >= 0.6 is 45.9 Å². The quantitative estimate of drug-likeness (QED) is 0.0498. The molecular weight excluding hydrogens is 715 g/mol. The lowest BCUT2D eigenvalue weighted by Crippen LogP contribution is -2.27. The van der Waals surface area contributed by atoms with Gasteiger partial charge in [0.05, 0.1) is 44.5 Å². The van der Waals surface area contributed by atoms with E-state index in [0.29, 0.717) is 74.3 Å². The maximum atomic E-state index is 12.9. The molecule has 0 aliphatic heterocycles. The maximum Gasteiger partial charge on any atom is 0.251 e. The third-order valence-electron chi connectivity index (χ3n) is 7.85. The number of hydrogen-bond donors (Lipinski definition) is 2. The number of aryl methyl sites for hydroxylation is 1. The fraction of sp³-hybridized carbons (Fsp3) is 0.368. The zero-order valence-electron chi connectivity index (χ0n) is 28.3. The normalized spacial score (nSPS) is 11.6. The van der Waals surface area contributed by atoms with E-state index < -0.39 is 0 Å². The number of aliphatic imine (C=N–C) groups is 1. The third-order valence-corrected chi connectivity index (χ3v) is 10.8. The minimum absolute atomic E-state index is 0.0597. The Labute approximate surface area is 311 Å². The van der Waals surface area contributed by atoms with Gasteiger partial charge in [-0.15, -0.1) is 22.7 Å². The first kappa shape index (κ1) is 39.4. The Morgan fingerprint density at radius 2 is 1.58 bits per heavy atom. The minimum atomic E-state index is -0.213. The lowest BCUT2D eigenvalue weighted by molar-refractivity contribution is 0.0468. The van der Waals surface area contributed by atoms with E-state index >= 15 is 0 Å². The average molecular weight is 758 g/mol. The second-order valence-electron chi connectivity index (χ2n) is 11.6. The van der Waals surface area contributed by atoms with Crippen LogP contribution in [0.3, 0.4) is 0 Å². The van der Waals surface area contributed by atoms with E-state index in [1.165, 1.54) is 30.6 Å². The van der Waals surface area contributed by atoms with Crippen LogP contribution < -0.4 is 5.32 Å². The largest absolute Gasteiger partial charge is 0.506 e. The zero-order valence-corrected chi connectivity index (χ0v) is 31.4. The van der Waals surface area contributed by atoms with E-state index in [2.05, 4.69) is 17.2 Å². The van der Waals surface area contributed by atoms with Crippen molar-refractivity contribution in [1.29, 1.82) is 0 Å². The second-order valence-corrected chi connectivity index (χ2v) is 14.4. The number of nitrogens with one attached hydrogen (secondary N) is 1. The summed E-state index contributed by atoms with van der Waals surface area (Å²) in [5.74, 6) is -0.389. The topological polar surface area (TPSA) is 114 Å². The van der Waals surface area contributed by atoms with Gasteiger partial charge in [-0.2, -0.15) is 0 Å². The number of nitrogens with zero attached hydrogens (tertiary/aromatic N) is 1. The number of amides is 1. The predicted octanol–water partition coefficient (Wildman–Crippen LogP) is 9.34. The molecule has 2 aromatic carbocycles. The predicted molar refractivity (Wildman–Crippen MR) is 204 cm³/mol. The Morgan fingerprint density at radius 1 is 0.860 bits per heavy atom. The van der Waals surface area contributed by atoms with Gasteiger partial charge in [0, 0.05) is 41.8 Å². The number of ketones is 2. The molecule has 2 N–H and O–H groups in total. The Kier molecular flexibility index (Phi) is 16.1. The summed E-state index contributed by atoms with van der Waals surface area (Å²) in [5.41, 5.74) is 3.26. The molecule has 4 rings (SSSR count). The van der Waals surface area contributed by atoms with Crippen LogP contribution in [0, 0.1) is 0 Å². The van der Waals surface area contributed by atoms with Crippen molar-refractivity contribution in [2.24, 2.45) is 4.99 Å². The molecule has 0 fully saturated rings. The smallest absolute Gasteiger partial charge is 0.251 e. The summed E-state index contributed by atoms with van der Waals surface area (Å²) >= 11 is 14.7. The lowest BCUT2D eigenvalue weighted by atomic mass is 10.0. The first-order valence-electron chi connectivity index (χ1n) is 16.6. The average Bonchev–Trinajstić information content (AvgIpc) is 3.77. The number of thiophene rings is 2. The Morgan fingerprint density at radius 3 is 2.30 bits per heavy atom. The van der Waals surface area contributed by atoms with Crippen LogP contribution in [0.5, 0.6) is 5.75 Å². The molecule has 2 aromatic heterocycles. The molecule has 0 radical (unpaired) electrons. The fourth-order valence-corrected chi connectivity index (χ4v) is 7.14. The van der Waals surface area contributed by atoms with E-state index in [9.17, 15) is 19.5 Å². The van der Waals surface area contributed by atoms with Crippen LogP contribution in [0.15, 0.2) is 65.0 Å². The molecule has 2 heterocycles. The number of Topliss-reactive ketones (excluding diaryl/α,β-unsaturated/α-hetero) is 2. The summed E-state index contributed by atoms with van der Waals surface area (Å²) in [6.45, 7) is 6.44.